The maximum absolute atomic E-state index is 11.7. The molecule has 0 aliphatic carbocycles. The quantitative estimate of drug-likeness (QED) is 0.826. The van der Waals surface area contributed by atoms with Gasteiger partial charge in [-0.25, -0.2) is 9.59 Å². The van der Waals surface area contributed by atoms with Gasteiger partial charge < -0.3 is 19.5 Å². The van der Waals surface area contributed by atoms with Crippen LogP contribution >= 0.6 is 0 Å². The van der Waals surface area contributed by atoms with Gasteiger partial charge in [0.15, 0.2) is 0 Å². The number of methoxy groups -OCH3 is 2. The molecule has 1 aliphatic heterocycles. The summed E-state index contributed by atoms with van der Waals surface area (Å²) in [6.07, 6.45) is 0.272. The van der Waals surface area contributed by atoms with Gasteiger partial charge in [-0.2, -0.15) is 0 Å². The second-order valence-electron chi connectivity index (χ2n) is 4.64. The van der Waals surface area contributed by atoms with E-state index >= 15 is 0 Å². The highest BCUT2D eigenvalue weighted by atomic mass is 16.5. The molecule has 2 rings (SSSR count). The van der Waals surface area contributed by atoms with E-state index < -0.39 is 18.0 Å². The van der Waals surface area contributed by atoms with Crippen molar-refractivity contribution < 1.29 is 24.2 Å². The zero-order valence-electron chi connectivity index (χ0n) is 11.5. The van der Waals surface area contributed by atoms with Crippen LogP contribution in [-0.2, 0) is 9.47 Å². The van der Waals surface area contributed by atoms with Gasteiger partial charge in [-0.1, -0.05) is 0 Å². The molecule has 6 nitrogen and oxygen atoms in total. The molecule has 1 aliphatic rings. The van der Waals surface area contributed by atoms with Crippen molar-refractivity contribution in [1.29, 1.82) is 0 Å². The summed E-state index contributed by atoms with van der Waals surface area (Å²) in [6, 6.07) is 4.74. The third-order valence-corrected chi connectivity index (χ3v) is 3.29. The number of carbonyl (C=O) groups is 2. The Morgan fingerprint density at radius 3 is 2.10 bits per heavy atom. The molecule has 1 atom stereocenters. The molecule has 1 heterocycles. The van der Waals surface area contributed by atoms with Gasteiger partial charge in [-0.3, -0.25) is 0 Å². The van der Waals surface area contributed by atoms with Gasteiger partial charge in [0.25, 0.3) is 0 Å². The fourth-order valence-corrected chi connectivity index (χ4v) is 2.24. The fraction of sp³-hybridized carbons (Fsp3) is 0.429. The second-order valence-corrected chi connectivity index (χ2v) is 4.64. The largest absolute Gasteiger partial charge is 0.465 e. The Bertz CT molecular complexity index is 494. The minimum atomic E-state index is -0.517. The van der Waals surface area contributed by atoms with E-state index in [4.69, 9.17) is 0 Å². The van der Waals surface area contributed by atoms with E-state index in [-0.39, 0.29) is 11.1 Å². The van der Waals surface area contributed by atoms with E-state index in [9.17, 15) is 14.7 Å². The van der Waals surface area contributed by atoms with Crippen LogP contribution in [0.5, 0.6) is 0 Å². The Kier molecular flexibility index (Phi) is 4.24. The smallest absolute Gasteiger partial charge is 0.337 e. The van der Waals surface area contributed by atoms with Gasteiger partial charge in [-0.05, 0) is 24.6 Å². The van der Waals surface area contributed by atoms with Crippen LogP contribution in [0.2, 0.25) is 0 Å². The second kappa shape index (κ2) is 5.92. The first-order valence-corrected chi connectivity index (χ1v) is 6.30. The zero-order valence-corrected chi connectivity index (χ0v) is 11.5. The van der Waals surface area contributed by atoms with Gasteiger partial charge in [0.1, 0.15) is 0 Å². The summed E-state index contributed by atoms with van der Waals surface area (Å²) < 4.78 is 9.37. The summed E-state index contributed by atoms with van der Waals surface area (Å²) in [7, 11) is 2.57. The molecule has 108 valence electrons. The van der Waals surface area contributed by atoms with E-state index in [2.05, 4.69) is 9.47 Å². The number of anilines is 1. The molecule has 0 spiro atoms. The number of rotatable bonds is 3. The predicted octanol–water partition coefficient (Wildman–Crippen LogP) is 0.831. The summed E-state index contributed by atoms with van der Waals surface area (Å²) >= 11 is 0. The molecule has 0 radical (unpaired) electrons. The predicted molar refractivity (Wildman–Crippen MR) is 72.0 cm³/mol. The molecular formula is C14H17NO5. The van der Waals surface area contributed by atoms with Crippen LogP contribution in [0, 0.1) is 0 Å². The van der Waals surface area contributed by atoms with Crippen LogP contribution < -0.4 is 4.90 Å². The van der Waals surface area contributed by atoms with E-state index in [0.717, 1.165) is 0 Å². The Morgan fingerprint density at radius 2 is 1.70 bits per heavy atom. The number of hydrogen-bond acceptors (Lipinski definition) is 6. The first-order chi connectivity index (χ1) is 9.55. The topological polar surface area (TPSA) is 76.1 Å². The van der Waals surface area contributed by atoms with Crippen LogP contribution in [0.15, 0.2) is 18.2 Å². The molecule has 20 heavy (non-hydrogen) atoms. The van der Waals surface area contributed by atoms with Gasteiger partial charge in [-0.15, -0.1) is 0 Å². The summed E-state index contributed by atoms with van der Waals surface area (Å²) in [4.78, 5) is 25.3. The first kappa shape index (κ1) is 14.3. The van der Waals surface area contributed by atoms with Crippen LogP contribution in [0.4, 0.5) is 5.69 Å². The Morgan fingerprint density at radius 1 is 1.15 bits per heavy atom. The van der Waals surface area contributed by atoms with Crippen molar-refractivity contribution in [2.24, 2.45) is 0 Å². The SMILES string of the molecule is COC(=O)c1cc(C(=O)OC)cc(N2CCC(O)C2)c1. The summed E-state index contributed by atoms with van der Waals surface area (Å²) in [5.41, 5.74) is 1.27. The Labute approximate surface area is 116 Å². The standard InChI is InChI=1S/C14H17NO5/c1-19-13(17)9-5-10(14(18)20-2)7-11(6-9)15-4-3-12(16)8-15/h5-7,12,16H,3-4,8H2,1-2H3. The van der Waals surface area contributed by atoms with Crippen molar-refractivity contribution in [2.75, 3.05) is 32.2 Å². The van der Waals surface area contributed by atoms with Gasteiger partial charge in [0, 0.05) is 18.8 Å². The highest BCUT2D eigenvalue weighted by Gasteiger charge is 2.23. The third-order valence-electron chi connectivity index (χ3n) is 3.29. The Balaban J connectivity index is 2.40. The number of aliphatic hydroxyl groups is 1. The number of aliphatic hydroxyl groups excluding tert-OH is 1. The lowest BCUT2D eigenvalue weighted by Gasteiger charge is -2.19. The average molecular weight is 279 g/mol. The number of ether oxygens (including phenoxy) is 2. The van der Waals surface area contributed by atoms with E-state index in [1.807, 2.05) is 4.90 Å². The van der Waals surface area contributed by atoms with Gasteiger partial charge >= 0.3 is 11.9 Å². The lowest BCUT2D eigenvalue weighted by Crippen LogP contribution is -2.22. The molecule has 0 aromatic heterocycles. The van der Waals surface area contributed by atoms with Crippen molar-refractivity contribution >= 4 is 17.6 Å². The van der Waals surface area contributed by atoms with E-state index in [1.54, 1.807) is 12.1 Å². The molecule has 1 aromatic rings. The van der Waals surface area contributed by atoms with Crippen molar-refractivity contribution in [3.05, 3.63) is 29.3 Å². The van der Waals surface area contributed by atoms with Crippen LogP contribution in [-0.4, -0.2) is 50.5 Å². The highest BCUT2D eigenvalue weighted by molar-refractivity contribution is 5.97. The fourth-order valence-electron chi connectivity index (χ4n) is 2.24. The monoisotopic (exact) mass is 279 g/mol. The summed E-state index contributed by atoms with van der Waals surface area (Å²) in [6.45, 7) is 1.15. The molecule has 1 saturated heterocycles. The number of benzene rings is 1. The zero-order chi connectivity index (χ0) is 14.7. The lowest BCUT2D eigenvalue weighted by molar-refractivity contribution is 0.0599. The highest BCUT2D eigenvalue weighted by Crippen LogP contribution is 2.24. The van der Waals surface area contributed by atoms with Crippen LogP contribution in [0.1, 0.15) is 27.1 Å². The maximum Gasteiger partial charge on any atom is 0.337 e. The molecule has 0 saturated carbocycles. The summed E-state index contributed by atoms with van der Waals surface area (Å²) in [5, 5.41) is 9.59. The van der Waals surface area contributed by atoms with Crippen molar-refractivity contribution in [2.45, 2.75) is 12.5 Å². The molecular weight excluding hydrogens is 262 g/mol. The average Bonchev–Trinajstić information content (AvgIpc) is 2.91. The number of carbonyl (C=O) groups excluding carboxylic acids is 2. The maximum atomic E-state index is 11.7. The van der Waals surface area contributed by atoms with Crippen LogP contribution in [0.25, 0.3) is 0 Å². The Hall–Kier alpha value is -2.08. The molecule has 1 fully saturated rings. The molecule has 1 N–H and O–H groups in total. The molecule has 1 unspecified atom stereocenters. The number of hydrogen-bond donors (Lipinski definition) is 1. The normalized spacial score (nSPS) is 17.9. The minimum Gasteiger partial charge on any atom is -0.465 e. The lowest BCUT2D eigenvalue weighted by atomic mass is 10.1. The van der Waals surface area contributed by atoms with Crippen LogP contribution in [0.3, 0.4) is 0 Å². The van der Waals surface area contributed by atoms with Gasteiger partial charge in [0.2, 0.25) is 0 Å². The number of nitrogens with zero attached hydrogens (tertiary/aromatic N) is 1. The number of esters is 2. The first-order valence-electron chi connectivity index (χ1n) is 6.30. The summed E-state index contributed by atoms with van der Waals surface area (Å²) in [5.74, 6) is -1.03. The van der Waals surface area contributed by atoms with E-state index in [0.29, 0.717) is 25.2 Å². The van der Waals surface area contributed by atoms with Crippen molar-refractivity contribution in [1.82, 2.24) is 0 Å². The third kappa shape index (κ3) is 2.91. The van der Waals surface area contributed by atoms with Crippen molar-refractivity contribution in [3.8, 4) is 0 Å². The van der Waals surface area contributed by atoms with E-state index in [1.165, 1.54) is 20.3 Å². The minimum absolute atomic E-state index is 0.284. The molecule has 1 aromatic carbocycles. The molecule has 0 amide bonds. The number of β-amino-alcohol motifs (C(OH)–C–C–N with tert-alkyl or cyclic N) is 1. The molecule has 6 heteroatoms. The van der Waals surface area contributed by atoms with Gasteiger partial charge in [0.05, 0.1) is 31.5 Å². The molecule has 0 bridgehead atoms. The van der Waals surface area contributed by atoms with Crippen molar-refractivity contribution in [3.63, 3.8) is 0 Å².